The molecule has 0 saturated carbocycles. The quantitative estimate of drug-likeness (QED) is 0.643. The van der Waals surface area contributed by atoms with Gasteiger partial charge in [-0.15, -0.1) is 35.3 Å². The summed E-state index contributed by atoms with van der Waals surface area (Å²) in [5.74, 6) is 5.50. The Morgan fingerprint density at radius 1 is 0.923 bits per heavy atom. The summed E-state index contributed by atoms with van der Waals surface area (Å²) in [6, 6.07) is 0. The Morgan fingerprint density at radius 3 is 2.08 bits per heavy atom. The lowest BCUT2D eigenvalue weighted by atomic mass is 10.5. The molecule has 76 valence electrons. The van der Waals surface area contributed by atoms with Crippen molar-refractivity contribution in [2.75, 3.05) is 23.0 Å². The molecule has 0 N–H and O–H groups in total. The predicted octanol–water partition coefficient (Wildman–Crippen LogP) is 3.77. The SMILES string of the molecule is CC1SCCCSC12SCCCS2. The summed E-state index contributed by atoms with van der Waals surface area (Å²) in [6.07, 6.45) is 2.82. The van der Waals surface area contributed by atoms with Crippen LogP contribution in [0.25, 0.3) is 0 Å². The van der Waals surface area contributed by atoms with E-state index in [9.17, 15) is 0 Å². The third kappa shape index (κ3) is 2.50. The number of hydrogen-bond acceptors (Lipinski definition) is 4. The number of rotatable bonds is 0. The smallest absolute Gasteiger partial charge is 0.118 e. The molecule has 1 spiro atoms. The van der Waals surface area contributed by atoms with Gasteiger partial charge < -0.3 is 0 Å². The lowest BCUT2D eigenvalue weighted by Crippen LogP contribution is -2.30. The van der Waals surface area contributed by atoms with Crippen LogP contribution in [0, 0.1) is 0 Å². The molecule has 2 fully saturated rings. The molecule has 2 heterocycles. The Labute approximate surface area is 98.1 Å². The van der Waals surface area contributed by atoms with E-state index in [1.807, 2.05) is 0 Å². The van der Waals surface area contributed by atoms with Crippen LogP contribution in [-0.4, -0.2) is 31.7 Å². The first kappa shape index (κ1) is 10.9. The van der Waals surface area contributed by atoms with E-state index in [1.165, 1.54) is 35.9 Å². The van der Waals surface area contributed by atoms with Crippen LogP contribution in [0.3, 0.4) is 0 Å². The Kier molecular flexibility index (Phi) is 4.15. The maximum absolute atomic E-state index is 2.42. The van der Waals surface area contributed by atoms with E-state index >= 15 is 0 Å². The van der Waals surface area contributed by atoms with Crippen molar-refractivity contribution < 1.29 is 0 Å². The van der Waals surface area contributed by atoms with Crippen molar-refractivity contribution >= 4 is 47.0 Å². The van der Waals surface area contributed by atoms with E-state index in [0.29, 0.717) is 3.41 Å². The highest BCUT2D eigenvalue weighted by molar-refractivity contribution is 8.35. The third-order valence-electron chi connectivity index (χ3n) is 2.35. The summed E-state index contributed by atoms with van der Waals surface area (Å²) in [4.78, 5) is 0. The average Bonchev–Trinajstić information content (AvgIpc) is 2.33. The minimum atomic E-state index is 0.513. The molecule has 0 radical (unpaired) electrons. The summed E-state index contributed by atoms with van der Waals surface area (Å²) in [6.45, 7) is 2.42. The van der Waals surface area contributed by atoms with Crippen LogP contribution in [0.2, 0.25) is 0 Å². The number of hydrogen-bond donors (Lipinski definition) is 0. The molecule has 1 unspecified atom stereocenters. The minimum Gasteiger partial charge on any atom is -0.156 e. The van der Waals surface area contributed by atoms with Gasteiger partial charge in [-0.25, -0.2) is 0 Å². The molecule has 2 aliphatic rings. The van der Waals surface area contributed by atoms with E-state index in [-0.39, 0.29) is 0 Å². The molecule has 1 atom stereocenters. The highest BCUT2D eigenvalue weighted by Crippen LogP contribution is 2.57. The van der Waals surface area contributed by atoms with Gasteiger partial charge in [0, 0.05) is 5.25 Å². The van der Waals surface area contributed by atoms with Crippen molar-refractivity contribution in [1.82, 2.24) is 0 Å². The highest BCUT2D eigenvalue weighted by Gasteiger charge is 2.40. The zero-order valence-corrected chi connectivity index (χ0v) is 11.2. The van der Waals surface area contributed by atoms with E-state index in [2.05, 4.69) is 54.0 Å². The monoisotopic (exact) mass is 252 g/mol. The van der Waals surface area contributed by atoms with Gasteiger partial charge in [-0.2, -0.15) is 11.8 Å². The summed E-state index contributed by atoms with van der Waals surface area (Å²) >= 11 is 8.83. The fourth-order valence-electron chi connectivity index (χ4n) is 1.60. The van der Waals surface area contributed by atoms with Crippen molar-refractivity contribution in [3.05, 3.63) is 0 Å². The van der Waals surface area contributed by atoms with E-state index in [1.54, 1.807) is 0 Å². The lowest BCUT2D eigenvalue weighted by molar-refractivity contribution is 0.996. The van der Waals surface area contributed by atoms with Crippen LogP contribution in [0.4, 0.5) is 0 Å². The molecule has 4 heteroatoms. The molecular weight excluding hydrogens is 236 g/mol. The number of thioether (sulfide) groups is 4. The molecule has 0 aromatic carbocycles. The average molecular weight is 252 g/mol. The van der Waals surface area contributed by atoms with Crippen LogP contribution < -0.4 is 0 Å². The second-order valence-corrected chi connectivity index (χ2v) is 9.62. The lowest BCUT2D eigenvalue weighted by Gasteiger charge is -2.38. The first-order valence-electron chi connectivity index (χ1n) is 4.87. The second-order valence-electron chi connectivity index (χ2n) is 3.37. The topological polar surface area (TPSA) is 0 Å². The fraction of sp³-hybridized carbons (Fsp3) is 1.00. The Hall–Kier alpha value is 1.40. The van der Waals surface area contributed by atoms with Crippen LogP contribution in [0.1, 0.15) is 19.8 Å². The van der Waals surface area contributed by atoms with Gasteiger partial charge >= 0.3 is 0 Å². The van der Waals surface area contributed by atoms with Crippen LogP contribution >= 0.6 is 47.0 Å². The van der Waals surface area contributed by atoms with Crippen LogP contribution in [-0.2, 0) is 0 Å². The van der Waals surface area contributed by atoms with Gasteiger partial charge in [-0.1, -0.05) is 6.92 Å². The molecule has 0 aromatic rings. The molecule has 0 aromatic heterocycles. The van der Waals surface area contributed by atoms with Gasteiger partial charge in [0.15, 0.2) is 0 Å². The standard InChI is InChI=1S/C9H16S4/c1-8-9(11-5-2-4-10-8)12-6-3-7-13-9/h8H,2-7H2,1H3. The van der Waals surface area contributed by atoms with Crippen molar-refractivity contribution in [2.24, 2.45) is 0 Å². The highest BCUT2D eigenvalue weighted by atomic mass is 32.3. The maximum atomic E-state index is 2.42. The zero-order chi connectivity index (χ0) is 9.15. The van der Waals surface area contributed by atoms with Gasteiger partial charge in [0.25, 0.3) is 0 Å². The summed E-state index contributed by atoms with van der Waals surface area (Å²) in [5, 5.41) is 0.829. The van der Waals surface area contributed by atoms with Crippen LogP contribution in [0.15, 0.2) is 0 Å². The first-order chi connectivity index (χ1) is 6.33. The molecule has 0 bridgehead atoms. The van der Waals surface area contributed by atoms with Crippen molar-refractivity contribution in [3.8, 4) is 0 Å². The second kappa shape index (κ2) is 4.95. The molecule has 13 heavy (non-hydrogen) atoms. The Bertz CT molecular complexity index is 165. The molecular formula is C9H16S4. The Balaban J connectivity index is 2.06. The Morgan fingerprint density at radius 2 is 1.46 bits per heavy atom. The molecule has 0 aliphatic carbocycles. The summed E-state index contributed by atoms with van der Waals surface area (Å²) in [7, 11) is 0. The fourth-order valence-corrected chi connectivity index (χ4v) is 8.98. The van der Waals surface area contributed by atoms with Gasteiger partial charge in [-0.05, 0) is 35.9 Å². The zero-order valence-electron chi connectivity index (χ0n) is 7.95. The van der Waals surface area contributed by atoms with E-state index in [4.69, 9.17) is 0 Å². The van der Waals surface area contributed by atoms with Gasteiger partial charge in [-0.3, -0.25) is 0 Å². The van der Waals surface area contributed by atoms with E-state index in [0.717, 1.165) is 5.25 Å². The third-order valence-corrected chi connectivity index (χ3v) is 10.0. The van der Waals surface area contributed by atoms with E-state index < -0.39 is 0 Å². The predicted molar refractivity (Wildman–Crippen MR) is 71.3 cm³/mol. The van der Waals surface area contributed by atoms with Gasteiger partial charge in [0.05, 0.1) is 0 Å². The first-order valence-corrected chi connectivity index (χ1v) is 8.87. The summed E-state index contributed by atoms with van der Waals surface area (Å²) < 4.78 is 0.513. The van der Waals surface area contributed by atoms with Gasteiger partial charge in [0.1, 0.15) is 3.41 Å². The van der Waals surface area contributed by atoms with Crippen LogP contribution in [0.5, 0.6) is 0 Å². The summed E-state index contributed by atoms with van der Waals surface area (Å²) in [5.41, 5.74) is 0. The molecule has 0 amide bonds. The molecule has 2 rings (SSSR count). The minimum absolute atomic E-state index is 0.513. The molecule has 0 nitrogen and oxygen atoms in total. The van der Waals surface area contributed by atoms with Gasteiger partial charge in [0.2, 0.25) is 0 Å². The van der Waals surface area contributed by atoms with Crippen molar-refractivity contribution in [1.29, 1.82) is 0 Å². The normalized spacial score (nSPS) is 34.4. The molecule has 2 aliphatic heterocycles. The maximum Gasteiger partial charge on any atom is 0.118 e. The van der Waals surface area contributed by atoms with Crippen molar-refractivity contribution in [3.63, 3.8) is 0 Å². The largest absolute Gasteiger partial charge is 0.156 e. The van der Waals surface area contributed by atoms with Crippen molar-refractivity contribution in [2.45, 2.75) is 28.4 Å². The molecule has 2 saturated heterocycles.